The van der Waals surface area contributed by atoms with E-state index in [-0.39, 0.29) is 0 Å². The monoisotopic (exact) mass is 878 g/mol. The van der Waals surface area contributed by atoms with Gasteiger partial charge in [0.15, 0.2) is 11.3 Å². The molecular formula is C61H30N6S. The minimum absolute atomic E-state index is 0.881. The van der Waals surface area contributed by atoms with Crippen LogP contribution in [0.3, 0.4) is 0 Å². The summed E-state index contributed by atoms with van der Waals surface area (Å²) in [6.07, 6.45) is 0.896. The van der Waals surface area contributed by atoms with Crippen LogP contribution in [-0.4, -0.2) is 28.7 Å². The Bertz CT molecular complexity index is 5190. The van der Waals surface area contributed by atoms with Crippen molar-refractivity contribution >= 4 is 152 Å². The minimum Gasteiger partial charge on any atom is -0.291 e. The first-order valence-corrected chi connectivity index (χ1v) is 24.1. The van der Waals surface area contributed by atoms with Gasteiger partial charge in [0.1, 0.15) is 11.0 Å². The van der Waals surface area contributed by atoms with Gasteiger partial charge in [-0.25, -0.2) is 19.9 Å². The van der Waals surface area contributed by atoms with Gasteiger partial charge in [-0.1, -0.05) is 109 Å². The molecule has 0 radical (unpaired) electrons. The van der Waals surface area contributed by atoms with Gasteiger partial charge in [-0.05, 0) is 116 Å². The van der Waals surface area contributed by atoms with Crippen LogP contribution in [0.4, 0.5) is 0 Å². The smallest absolute Gasteiger partial charge is 0.165 e. The number of para-hydroxylation sites is 2. The molecule has 0 atom stereocenters. The Balaban J connectivity index is 0.910. The summed E-state index contributed by atoms with van der Waals surface area (Å²) in [5, 5.41) is 14.7. The predicted molar refractivity (Wildman–Crippen MR) is 284 cm³/mol. The predicted octanol–water partition coefficient (Wildman–Crippen LogP) is 15.8. The van der Waals surface area contributed by atoms with E-state index in [4.69, 9.17) is 19.9 Å². The lowest BCUT2D eigenvalue weighted by molar-refractivity contribution is 1.22. The topological polar surface area (TPSA) is 60.4 Å². The highest BCUT2D eigenvalue weighted by molar-refractivity contribution is 7.25. The van der Waals surface area contributed by atoms with Gasteiger partial charge >= 0.3 is 0 Å². The number of thiophene rings is 1. The van der Waals surface area contributed by atoms with Crippen LogP contribution in [0.15, 0.2) is 170 Å². The van der Waals surface area contributed by atoms with Crippen LogP contribution in [-0.2, 0) is 6.42 Å². The van der Waals surface area contributed by atoms with E-state index in [1.807, 2.05) is 23.5 Å². The summed E-state index contributed by atoms with van der Waals surface area (Å²) in [5.41, 5.74) is 19.7. The van der Waals surface area contributed by atoms with Crippen molar-refractivity contribution in [2.75, 3.05) is 0 Å². The summed E-state index contributed by atoms with van der Waals surface area (Å²) in [6.45, 7) is 0. The normalized spacial score (nSPS) is 13.2. The molecular weight excluding hydrogens is 849 g/mol. The fourth-order valence-corrected chi connectivity index (χ4v) is 13.7. The molecule has 310 valence electrons. The van der Waals surface area contributed by atoms with Crippen molar-refractivity contribution in [3.63, 3.8) is 0 Å². The molecule has 6 nitrogen and oxygen atoms in total. The van der Waals surface area contributed by atoms with E-state index in [1.54, 1.807) is 0 Å². The average Bonchev–Trinajstić information content (AvgIpc) is 4.23. The van der Waals surface area contributed by atoms with Crippen molar-refractivity contribution in [2.45, 2.75) is 6.42 Å². The van der Waals surface area contributed by atoms with Crippen LogP contribution in [0.5, 0.6) is 0 Å². The molecule has 0 amide bonds. The molecule has 7 heteroatoms. The van der Waals surface area contributed by atoms with Gasteiger partial charge in [0.25, 0.3) is 0 Å². The third kappa shape index (κ3) is 4.09. The lowest BCUT2D eigenvalue weighted by Gasteiger charge is -2.09. The van der Waals surface area contributed by atoms with E-state index in [1.165, 1.54) is 102 Å². The summed E-state index contributed by atoms with van der Waals surface area (Å²) in [5.74, 6) is 0. The van der Waals surface area contributed by atoms with E-state index in [0.29, 0.717) is 0 Å². The lowest BCUT2D eigenvalue weighted by atomic mass is 9.96. The van der Waals surface area contributed by atoms with E-state index in [2.05, 4.69) is 167 Å². The molecule has 0 N–H and O–H groups in total. The zero-order valence-electron chi connectivity index (χ0n) is 36.0. The Kier molecular flexibility index (Phi) is 5.98. The van der Waals surface area contributed by atoms with Crippen LogP contribution in [0.2, 0.25) is 0 Å². The summed E-state index contributed by atoms with van der Waals surface area (Å²) < 4.78 is 7.40. The first-order chi connectivity index (χ1) is 33.7. The summed E-state index contributed by atoms with van der Waals surface area (Å²) in [6, 6.07) is 62.4. The molecule has 10 aromatic carbocycles. The van der Waals surface area contributed by atoms with Crippen molar-refractivity contribution in [1.29, 1.82) is 0 Å². The number of hydrogen-bond acceptors (Lipinski definition) is 5. The van der Waals surface area contributed by atoms with Gasteiger partial charge in [-0.15, -0.1) is 11.3 Å². The molecule has 0 saturated heterocycles. The van der Waals surface area contributed by atoms with Gasteiger partial charge in [-0.3, -0.25) is 8.80 Å². The molecule has 0 aliphatic heterocycles. The summed E-state index contributed by atoms with van der Waals surface area (Å²) in [7, 11) is 0. The van der Waals surface area contributed by atoms with Crippen LogP contribution in [0.25, 0.3) is 163 Å². The zero-order chi connectivity index (χ0) is 43.7. The van der Waals surface area contributed by atoms with Crippen molar-refractivity contribution < 1.29 is 0 Å². The number of rotatable bonds is 1. The molecule has 1 aliphatic carbocycles. The highest BCUT2D eigenvalue weighted by Gasteiger charge is 2.29. The minimum atomic E-state index is 0.881. The third-order valence-corrected chi connectivity index (χ3v) is 16.6. The summed E-state index contributed by atoms with van der Waals surface area (Å²) >= 11 is 1.86. The molecule has 0 saturated carbocycles. The van der Waals surface area contributed by atoms with Crippen molar-refractivity contribution in [1.82, 2.24) is 28.7 Å². The Morgan fingerprint density at radius 2 is 1.06 bits per heavy atom. The molecule has 0 fully saturated rings. The molecule has 1 aliphatic rings. The molecule has 0 unspecified atom stereocenters. The van der Waals surface area contributed by atoms with Gasteiger partial charge in [0.05, 0.1) is 44.1 Å². The average molecular weight is 879 g/mol. The van der Waals surface area contributed by atoms with Crippen molar-refractivity contribution in [3.8, 4) is 22.3 Å². The third-order valence-electron chi connectivity index (χ3n) is 15.5. The molecule has 7 heterocycles. The first-order valence-electron chi connectivity index (χ1n) is 23.3. The SMILES string of the molecule is c1ccc2c(c1)Cc1c-2ccc2c3c4ccccc4cc4c5nc6ccc(-c7ccc8cc9c%10nc%11ccccc%11nc%10n%10c%11cc%12sc%13ccccc%13c%12cc%11c(c8c7)c9%10)cc6nc5n(c12)c43. The Morgan fingerprint density at radius 3 is 1.96 bits per heavy atom. The van der Waals surface area contributed by atoms with E-state index in [9.17, 15) is 0 Å². The molecule has 17 aromatic rings. The van der Waals surface area contributed by atoms with E-state index < -0.39 is 0 Å². The lowest BCUT2D eigenvalue weighted by Crippen LogP contribution is -1.92. The fraction of sp³-hybridized carbons (Fsp3) is 0.0164. The Labute approximate surface area is 388 Å². The maximum atomic E-state index is 5.62. The second kappa shape index (κ2) is 11.8. The van der Waals surface area contributed by atoms with Gasteiger partial charge in [0.2, 0.25) is 0 Å². The fourth-order valence-electron chi connectivity index (χ4n) is 12.6. The number of fused-ring (bicyclic) bond motifs is 25. The van der Waals surface area contributed by atoms with Gasteiger partial charge in [0, 0.05) is 58.9 Å². The molecule has 7 aromatic heterocycles. The number of aromatic nitrogens is 6. The van der Waals surface area contributed by atoms with Crippen LogP contribution >= 0.6 is 11.3 Å². The summed E-state index contributed by atoms with van der Waals surface area (Å²) in [4.78, 5) is 21.7. The quantitative estimate of drug-likeness (QED) is 0.165. The molecule has 18 rings (SSSR count). The molecule has 0 bridgehead atoms. The maximum Gasteiger partial charge on any atom is 0.165 e. The first kappa shape index (κ1) is 34.6. The van der Waals surface area contributed by atoms with Gasteiger partial charge in [-0.2, -0.15) is 0 Å². The second-order valence-corrected chi connectivity index (χ2v) is 20.0. The second-order valence-electron chi connectivity index (χ2n) is 18.9. The van der Waals surface area contributed by atoms with Gasteiger partial charge < -0.3 is 0 Å². The van der Waals surface area contributed by atoms with E-state index >= 15 is 0 Å². The molecule has 0 spiro atoms. The van der Waals surface area contributed by atoms with Crippen molar-refractivity contribution in [2.24, 2.45) is 0 Å². The maximum absolute atomic E-state index is 5.62. The van der Waals surface area contributed by atoms with Crippen LogP contribution < -0.4 is 0 Å². The standard InChI is InChI=1S/C61H30N6S/c1-3-11-35-32(9-1)24-42-37(35)20-21-39-53-36-12-4-2-10-33(36)25-45-56-61(67(57(39)42)59(45)53)65-49-27-31(19-22-48(49)63-56)30-17-18-34-26-44-55-60(64-47-15-7-6-14-46(47)62-55)66-50-29-52-41(38-13-5-8-16-51(38)68-52)28-43(50)54(58(44)66)40(34)23-30/h1-23,25-29H,24H2. The number of nitrogens with zero attached hydrogens (tertiary/aromatic N) is 6. The van der Waals surface area contributed by atoms with Crippen molar-refractivity contribution in [3.05, 3.63) is 181 Å². The largest absolute Gasteiger partial charge is 0.291 e. The van der Waals surface area contributed by atoms with E-state index in [0.717, 1.165) is 78.2 Å². The highest BCUT2D eigenvalue weighted by Crippen LogP contribution is 2.49. The molecule has 68 heavy (non-hydrogen) atoms. The highest BCUT2D eigenvalue weighted by atomic mass is 32.1. The number of benzene rings is 10. The zero-order valence-corrected chi connectivity index (χ0v) is 36.8. The van der Waals surface area contributed by atoms with Crippen LogP contribution in [0.1, 0.15) is 11.1 Å². The Hall–Kier alpha value is -8.78. The van der Waals surface area contributed by atoms with Crippen LogP contribution in [0, 0.1) is 0 Å². The Morgan fingerprint density at radius 1 is 0.382 bits per heavy atom. The number of hydrogen-bond donors (Lipinski definition) is 0.